The maximum Gasteiger partial charge on any atom is 0.231 e. The number of ketones is 2. The van der Waals surface area contributed by atoms with E-state index in [9.17, 15) is 19.7 Å². The zero-order valence-electron chi connectivity index (χ0n) is 16.3. The van der Waals surface area contributed by atoms with E-state index in [-0.39, 0.29) is 17.9 Å². The van der Waals surface area contributed by atoms with Crippen LogP contribution in [0, 0.1) is 10.1 Å². The van der Waals surface area contributed by atoms with Gasteiger partial charge in [0.1, 0.15) is 5.41 Å². The number of nitro groups is 1. The Hall–Kier alpha value is -4.00. The fraction of sp³-hybridized carbons (Fsp3) is 0.167. The molecule has 1 unspecified atom stereocenters. The van der Waals surface area contributed by atoms with Crippen molar-refractivity contribution in [3.8, 4) is 11.5 Å². The maximum absolute atomic E-state index is 13.9. The summed E-state index contributed by atoms with van der Waals surface area (Å²) in [6.07, 6.45) is 0. The second kappa shape index (κ2) is 7.05. The highest BCUT2D eigenvalue weighted by Crippen LogP contribution is 2.50. The molecule has 7 nitrogen and oxygen atoms in total. The first-order chi connectivity index (χ1) is 15.0. The van der Waals surface area contributed by atoms with Crippen LogP contribution >= 0.6 is 0 Å². The number of rotatable bonds is 5. The monoisotopic (exact) mass is 415 g/mol. The van der Waals surface area contributed by atoms with Crippen LogP contribution in [0.25, 0.3) is 0 Å². The Morgan fingerprint density at radius 3 is 2.13 bits per heavy atom. The molecule has 5 rings (SSSR count). The van der Waals surface area contributed by atoms with Crippen LogP contribution in [-0.2, 0) is 5.41 Å². The summed E-state index contributed by atoms with van der Waals surface area (Å²) in [7, 11) is 0. The van der Waals surface area contributed by atoms with Gasteiger partial charge in [-0.3, -0.25) is 19.7 Å². The van der Waals surface area contributed by atoms with Gasteiger partial charge >= 0.3 is 0 Å². The van der Waals surface area contributed by atoms with Crippen LogP contribution in [-0.4, -0.2) is 29.8 Å². The molecule has 3 aromatic carbocycles. The quantitative estimate of drug-likeness (QED) is 0.357. The molecule has 0 N–H and O–H groups in total. The first-order valence-corrected chi connectivity index (χ1v) is 9.79. The minimum Gasteiger partial charge on any atom is -0.454 e. The molecular formula is C24H17NO6. The van der Waals surface area contributed by atoms with Crippen molar-refractivity contribution in [2.75, 3.05) is 13.3 Å². The Bertz CT molecular complexity index is 1180. The van der Waals surface area contributed by atoms with E-state index in [2.05, 4.69) is 0 Å². The summed E-state index contributed by atoms with van der Waals surface area (Å²) in [6, 6.07) is 20.1. The van der Waals surface area contributed by atoms with Crippen molar-refractivity contribution in [3.05, 3.63) is 105 Å². The molecule has 154 valence electrons. The number of hydrogen-bond donors (Lipinski definition) is 0. The Balaban J connectivity index is 1.78. The third kappa shape index (κ3) is 2.73. The minimum absolute atomic E-state index is 0.0474. The number of fused-ring (bicyclic) bond motifs is 2. The summed E-state index contributed by atoms with van der Waals surface area (Å²) in [4.78, 5) is 39.0. The molecule has 0 bridgehead atoms. The molecule has 0 fully saturated rings. The number of Topliss-reactive ketones (excluding diaryl/α,β-unsaturated/α-hetero) is 2. The molecule has 7 heteroatoms. The minimum atomic E-state index is -1.74. The van der Waals surface area contributed by atoms with Crippen molar-refractivity contribution in [2.45, 2.75) is 11.3 Å². The Labute approximate surface area is 177 Å². The summed E-state index contributed by atoms with van der Waals surface area (Å²) in [5, 5.41) is 11.8. The van der Waals surface area contributed by atoms with Crippen molar-refractivity contribution in [1.29, 1.82) is 0 Å². The zero-order valence-corrected chi connectivity index (χ0v) is 16.3. The molecule has 0 saturated heterocycles. The molecule has 1 heterocycles. The van der Waals surface area contributed by atoms with Gasteiger partial charge in [0.25, 0.3) is 0 Å². The molecule has 0 saturated carbocycles. The molecular weight excluding hydrogens is 398 g/mol. The molecule has 0 radical (unpaired) electrons. The highest BCUT2D eigenvalue weighted by Gasteiger charge is 2.60. The van der Waals surface area contributed by atoms with E-state index in [0.29, 0.717) is 22.6 Å². The number of hydrogen-bond acceptors (Lipinski definition) is 6. The summed E-state index contributed by atoms with van der Waals surface area (Å²) in [5.74, 6) is -0.936. The van der Waals surface area contributed by atoms with Gasteiger partial charge in [0.05, 0.1) is 5.92 Å². The standard InChI is InChI=1S/C24H17NO6/c26-22-17-8-4-5-9-18(17)23(27)24(22,16-6-2-1-3-7-16)19(13-25(28)29)15-10-11-20-21(12-15)31-14-30-20/h1-12,19H,13-14H2. The third-order valence-electron chi connectivity index (χ3n) is 6.02. The summed E-state index contributed by atoms with van der Waals surface area (Å²) < 4.78 is 10.8. The molecule has 0 spiro atoms. The molecule has 0 aromatic heterocycles. The lowest BCUT2D eigenvalue weighted by molar-refractivity contribution is -0.484. The fourth-order valence-corrected chi connectivity index (χ4v) is 4.66. The largest absolute Gasteiger partial charge is 0.454 e. The molecule has 1 atom stereocenters. The van der Waals surface area contributed by atoms with Gasteiger partial charge in [-0.1, -0.05) is 60.7 Å². The van der Waals surface area contributed by atoms with Crippen LogP contribution in [0.5, 0.6) is 11.5 Å². The lowest BCUT2D eigenvalue weighted by Gasteiger charge is -2.33. The molecule has 0 amide bonds. The van der Waals surface area contributed by atoms with E-state index in [1.807, 2.05) is 0 Å². The second-order valence-corrected chi connectivity index (χ2v) is 7.56. The van der Waals surface area contributed by atoms with Crippen LogP contribution in [0.4, 0.5) is 0 Å². The smallest absolute Gasteiger partial charge is 0.231 e. The summed E-state index contributed by atoms with van der Waals surface area (Å²) >= 11 is 0. The topological polar surface area (TPSA) is 95.7 Å². The normalized spacial score (nSPS) is 16.8. The van der Waals surface area contributed by atoms with Crippen molar-refractivity contribution in [1.82, 2.24) is 0 Å². The van der Waals surface area contributed by atoms with E-state index in [1.165, 1.54) is 0 Å². The molecule has 1 aliphatic carbocycles. The van der Waals surface area contributed by atoms with E-state index in [0.717, 1.165) is 0 Å². The molecule has 1 aliphatic heterocycles. The van der Waals surface area contributed by atoms with Crippen LogP contribution in [0.1, 0.15) is 37.8 Å². The highest BCUT2D eigenvalue weighted by atomic mass is 16.7. The summed E-state index contributed by atoms with van der Waals surface area (Å²) in [5.41, 5.74) is -0.271. The first kappa shape index (κ1) is 19.0. The predicted octanol–water partition coefficient (Wildman–Crippen LogP) is 3.79. The van der Waals surface area contributed by atoms with Crippen molar-refractivity contribution < 1.29 is 24.0 Å². The molecule has 2 aliphatic rings. The molecule has 3 aromatic rings. The lowest BCUT2D eigenvalue weighted by atomic mass is 9.64. The predicted molar refractivity (Wildman–Crippen MR) is 110 cm³/mol. The van der Waals surface area contributed by atoms with Gasteiger partial charge in [0.2, 0.25) is 13.3 Å². The number of carbonyl (C=O) groups is 2. The van der Waals surface area contributed by atoms with E-state index < -0.39 is 34.4 Å². The van der Waals surface area contributed by atoms with Gasteiger partial charge in [0, 0.05) is 16.1 Å². The summed E-state index contributed by atoms with van der Waals surface area (Å²) in [6.45, 7) is -0.550. The number of nitrogens with zero attached hydrogens (tertiary/aromatic N) is 1. The SMILES string of the molecule is O=C1c2ccccc2C(=O)C1(c1ccccc1)C(C[N+](=O)[O-])c1ccc2c(c1)OCO2. The maximum atomic E-state index is 13.9. The van der Waals surface area contributed by atoms with E-state index >= 15 is 0 Å². The zero-order chi connectivity index (χ0) is 21.6. The first-order valence-electron chi connectivity index (χ1n) is 9.79. The van der Waals surface area contributed by atoms with Crippen LogP contribution in [0.2, 0.25) is 0 Å². The van der Waals surface area contributed by atoms with Crippen molar-refractivity contribution >= 4 is 11.6 Å². The molecule has 31 heavy (non-hydrogen) atoms. The number of carbonyl (C=O) groups excluding carboxylic acids is 2. The van der Waals surface area contributed by atoms with E-state index in [1.54, 1.807) is 72.8 Å². The lowest BCUT2D eigenvalue weighted by Crippen LogP contribution is -2.46. The van der Waals surface area contributed by atoms with Gasteiger partial charge in [0.15, 0.2) is 23.1 Å². The van der Waals surface area contributed by atoms with Gasteiger partial charge in [-0.2, -0.15) is 0 Å². The van der Waals surface area contributed by atoms with Gasteiger partial charge in [-0.25, -0.2) is 0 Å². The average molecular weight is 415 g/mol. The van der Waals surface area contributed by atoms with Crippen molar-refractivity contribution in [2.24, 2.45) is 0 Å². The Kier molecular flexibility index (Phi) is 4.32. The average Bonchev–Trinajstić information content (AvgIpc) is 3.34. The van der Waals surface area contributed by atoms with E-state index in [4.69, 9.17) is 9.47 Å². The highest BCUT2D eigenvalue weighted by molar-refractivity contribution is 6.33. The van der Waals surface area contributed by atoms with Gasteiger partial charge in [-0.15, -0.1) is 0 Å². The Morgan fingerprint density at radius 2 is 1.48 bits per heavy atom. The van der Waals surface area contributed by atoms with Gasteiger partial charge in [-0.05, 0) is 23.3 Å². The number of ether oxygens (including phenoxy) is 2. The van der Waals surface area contributed by atoms with Crippen LogP contribution in [0.15, 0.2) is 72.8 Å². The number of benzene rings is 3. The van der Waals surface area contributed by atoms with Crippen LogP contribution < -0.4 is 9.47 Å². The third-order valence-corrected chi connectivity index (χ3v) is 6.02. The Morgan fingerprint density at radius 1 is 0.871 bits per heavy atom. The van der Waals surface area contributed by atoms with Crippen molar-refractivity contribution in [3.63, 3.8) is 0 Å². The second-order valence-electron chi connectivity index (χ2n) is 7.56. The van der Waals surface area contributed by atoms with Gasteiger partial charge < -0.3 is 9.47 Å². The fourth-order valence-electron chi connectivity index (χ4n) is 4.66. The van der Waals surface area contributed by atoms with Crippen LogP contribution in [0.3, 0.4) is 0 Å².